The SMILES string of the molecule is CCCCP(CCCC)C1=Cc2ccccc2[CH]1[Hf+2][CH]1C(P(C)C)=Cc2ccccc21.[Cl-].[Cl-]. The minimum atomic E-state index is -1.04. The number of allylic oxidation sites excluding steroid dienone is 2. The second kappa shape index (κ2) is 14.1. The molecule has 2 unspecified atom stereocenters. The number of halogens is 2. The molecule has 2 aliphatic rings. The predicted molar refractivity (Wildman–Crippen MR) is 140 cm³/mol. The van der Waals surface area contributed by atoms with Gasteiger partial charge in [-0.3, -0.25) is 0 Å². The Morgan fingerprint density at radius 3 is 1.64 bits per heavy atom. The van der Waals surface area contributed by atoms with Gasteiger partial charge in [-0.15, -0.1) is 0 Å². The van der Waals surface area contributed by atoms with Gasteiger partial charge in [-0.05, 0) is 0 Å². The summed E-state index contributed by atoms with van der Waals surface area (Å²) in [6, 6.07) is 18.7. The van der Waals surface area contributed by atoms with Crippen LogP contribution < -0.4 is 24.8 Å². The van der Waals surface area contributed by atoms with Gasteiger partial charge in [0.05, 0.1) is 0 Å². The van der Waals surface area contributed by atoms with Gasteiger partial charge in [0.15, 0.2) is 0 Å². The molecule has 0 amide bonds. The molecule has 5 heteroatoms. The summed E-state index contributed by atoms with van der Waals surface area (Å²) in [7, 11) is -0.00828. The number of unbranched alkanes of at least 4 members (excludes halogenated alkanes) is 2. The van der Waals surface area contributed by atoms with Gasteiger partial charge >= 0.3 is 205 Å². The van der Waals surface area contributed by atoms with Crippen molar-refractivity contribution in [2.45, 2.75) is 46.9 Å². The summed E-state index contributed by atoms with van der Waals surface area (Å²) in [6.07, 6.45) is 13.6. The molecule has 0 bridgehead atoms. The van der Waals surface area contributed by atoms with E-state index >= 15 is 0 Å². The van der Waals surface area contributed by atoms with Crippen molar-refractivity contribution in [3.8, 4) is 0 Å². The fourth-order valence-electron chi connectivity index (χ4n) is 4.86. The molecule has 2 aliphatic carbocycles. The molecule has 0 saturated heterocycles. The Hall–Kier alpha value is 0.230. The van der Waals surface area contributed by atoms with Crippen LogP contribution in [0.15, 0.2) is 59.2 Å². The molecule has 0 aromatic heterocycles. The van der Waals surface area contributed by atoms with Crippen LogP contribution in [0.25, 0.3) is 12.2 Å². The molecule has 2 aromatic carbocycles. The Bertz CT molecular complexity index is 962. The monoisotopic (exact) mass is 684 g/mol. The minimum absolute atomic E-state index is 0. The number of hydrogen-bond acceptors (Lipinski definition) is 0. The number of fused-ring (bicyclic) bond motifs is 2. The van der Waals surface area contributed by atoms with E-state index in [1.165, 1.54) is 43.6 Å². The van der Waals surface area contributed by atoms with E-state index in [4.69, 9.17) is 0 Å². The first-order valence-electron chi connectivity index (χ1n) is 11.9. The average molecular weight is 684 g/mol. The van der Waals surface area contributed by atoms with Gasteiger partial charge in [0.1, 0.15) is 0 Å². The van der Waals surface area contributed by atoms with Gasteiger partial charge < -0.3 is 24.8 Å². The predicted octanol–water partition coefficient (Wildman–Crippen LogP) is 3.09. The van der Waals surface area contributed by atoms with E-state index in [0.29, 0.717) is 0 Å². The van der Waals surface area contributed by atoms with E-state index < -0.39 is 22.9 Å². The molecule has 0 saturated carbocycles. The van der Waals surface area contributed by atoms with Gasteiger partial charge in [0.25, 0.3) is 0 Å². The molecule has 2 aromatic rings. The van der Waals surface area contributed by atoms with E-state index in [1.54, 1.807) is 22.0 Å². The van der Waals surface area contributed by atoms with Crippen molar-refractivity contribution in [3.63, 3.8) is 0 Å². The standard InChI is InChI=1S/C17H24P.C11H12P.2ClH.Hf/c1-3-5-11-18(12-6-4-2)17-13-15-9-7-8-10-16(15)14-17;1-12(2)11-7-9-5-3-4-6-10(9)8-11;;;/h7-10,13-14H,3-6,11-12H2,1-2H3;3-8H,1-2H3;2*1H;/q;;;;+2/p-2. The third-order valence-corrected chi connectivity index (χ3v) is 19.5. The molecule has 4 rings (SSSR count). The Labute approximate surface area is 228 Å². The normalized spacial score (nSPS) is 18.1. The molecular weight excluding hydrogens is 648 g/mol. The van der Waals surface area contributed by atoms with Gasteiger partial charge in [0, 0.05) is 0 Å². The molecule has 0 spiro atoms. The Balaban J connectivity index is 0.00000193. The summed E-state index contributed by atoms with van der Waals surface area (Å²) < 4.78 is 1.58. The van der Waals surface area contributed by atoms with E-state index in [0.717, 1.165) is 7.35 Å². The molecule has 0 nitrogen and oxygen atoms in total. The van der Waals surface area contributed by atoms with Crippen molar-refractivity contribution in [1.29, 1.82) is 0 Å². The molecule has 0 heterocycles. The zero-order chi connectivity index (χ0) is 21.8. The van der Waals surface area contributed by atoms with Crippen molar-refractivity contribution in [2.24, 2.45) is 0 Å². The van der Waals surface area contributed by atoms with Crippen molar-refractivity contribution in [2.75, 3.05) is 25.7 Å². The molecule has 0 fully saturated rings. The van der Waals surface area contributed by atoms with E-state index in [9.17, 15) is 0 Å². The summed E-state index contributed by atoms with van der Waals surface area (Å²) in [5.41, 5.74) is 6.40. The zero-order valence-corrected chi connectivity index (χ0v) is 27.2. The van der Waals surface area contributed by atoms with Crippen LogP contribution >= 0.6 is 15.8 Å². The van der Waals surface area contributed by atoms with Gasteiger partial charge in [-0.2, -0.15) is 0 Å². The van der Waals surface area contributed by atoms with Crippen LogP contribution in [-0.4, -0.2) is 25.7 Å². The number of benzene rings is 2. The third kappa shape index (κ3) is 6.71. The smallest absolute Gasteiger partial charge is 1.00 e. The second-order valence-electron chi connectivity index (χ2n) is 9.02. The van der Waals surface area contributed by atoms with Crippen molar-refractivity contribution >= 4 is 28.0 Å². The van der Waals surface area contributed by atoms with Gasteiger partial charge in [-0.1, -0.05) is 0 Å². The Morgan fingerprint density at radius 1 is 0.697 bits per heavy atom. The van der Waals surface area contributed by atoms with Crippen LogP contribution in [0.1, 0.15) is 69.1 Å². The van der Waals surface area contributed by atoms with Crippen LogP contribution in [0.3, 0.4) is 0 Å². The van der Waals surface area contributed by atoms with Crippen LogP contribution in [0.4, 0.5) is 0 Å². The fraction of sp³-hybridized carbons (Fsp3) is 0.429. The summed E-state index contributed by atoms with van der Waals surface area (Å²) in [5, 5.41) is 3.68. The first-order chi connectivity index (χ1) is 15.1. The van der Waals surface area contributed by atoms with E-state index in [-0.39, 0.29) is 40.7 Å². The third-order valence-electron chi connectivity index (χ3n) is 6.59. The molecule has 176 valence electrons. The number of rotatable bonds is 10. The first-order valence-corrected chi connectivity index (χ1v) is 20.0. The van der Waals surface area contributed by atoms with E-state index in [1.807, 2.05) is 5.31 Å². The van der Waals surface area contributed by atoms with Crippen LogP contribution in [0.2, 0.25) is 0 Å². The topological polar surface area (TPSA) is 0 Å². The Kier molecular flexibility index (Phi) is 12.6. The molecule has 33 heavy (non-hydrogen) atoms. The molecule has 0 radical (unpaired) electrons. The van der Waals surface area contributed by atoms with Gasteiger partial charge in [-0.25, -0.2) is 0 Å². The average Bonchev–Trinajstić information content (AvgIpc) is 3.33. The molecule has 0 N–H and O–H groups in total. The van der Waals surface area contributed by atoms with Crippen molar-refractivity contribution < 1.29 is 47.7 Å². The van der Waals surface area contributed by atoms with Crippen LogP contribution in [0.5, 0.6) is 0 Å². The Morgan fingerprint density at radius 2 is 1.15 bits per heavy atom. The molecular formula is C28H36Cl2HfP2. The minimum Gasteiger partial charge on any atom is -1.00 e. The largest absolute Gasteiger partial charge is 1.00 e. The summed E-state index contributed by atoms with van der Waals surface area (Å²) in [6.45, 7) is 9.66. The quantitative estimate of drug-likeness (QED) is 0.267. The first kappa shape index (κ1) is 29.5. The second-order valence-corrected chi connectivity index (χ2v) is 19.2. The maximum absolute atomic E-state index is 2.66. The summed E-state index contributed by atoms with van der Waals surface area (Å²) >= 11 is -1.04. The fourth-order valence-corrected chi connectivity index (χ4v) is 21.0. The maximum Gasteiger partial charge on any atom is -1.00 e. The van der Waals surface area contributed by atoms with Crippen molar-refractivity contribution in [3.05, 3.63) is 81.4 Å². The summed E-state index contributed by atoms with van der Waals surface area (Å²) in [5.74, 6) is 0. The van der Waals surface area contributed by atoms with Crippen molar-refractivity contribution in [1.82, 2.24) is 0 Å². The van der Waals surface area contributed by atoms with Gasteiger partial charge in [0.2, 0.25) is 0 Å². The molecule has 0 aliphatic heterocycles. The van der Waals surface area contributed by atoms with Crippen LogP contribution in [0, 0.1) is 0 Å². The number of hydrogen-bond donors (Lipinski definition) is 0. The zero-order valence-electron chi connectivity index (χ0n) is 20.3. The van der Waals surface area contributed by atoms with Crippen LogP contribution in [-0.2, 0) is 22.9 Å². The summed E-state index contributed by atoms with van der Waals surface area (Å²) in [4.78, 5) is 0. The maximum atomic E-state index is 2.66. The van der Waals surface area contributed by atoms with E-state index in [2.05, 4.69) is 87.9 Å². The molecule has 2 atom stereocenters.